The van der Waals surface area contributed by atoms with Crippen molar-refractivity contribution in [3.05, 3.63) is 71.8 Å². The Morgan fingerprint density at radius 2 is 1.83 bits per heavy atom. The summed E-state index contributed by atoms with van der Waals surface area (Å²) in [5.41, 5.74) is 3.15. The second-order valence-electron chi connectivity index (χ2n) is 6.74. The average molecular weight is 407 g/mol. The average Bonchev–Trinajstić information content (AvgIpc) is 3.25. The molecule has 8 heteroatoms. The van der Waals surface area contributed by atoms with Crippen LogP contribution in [0.1, 0.15) is 17.2 Å². The van der Waals surface area contributed by atoms with Gasteiger partial charge in [-0.05, 0) is 24.6 Å². The zero-order chi connectivity index (χ0) is 20.2. The van der Waals surface area contributed by atoms with Crippen molar-refractivity contribution < 1.29 is 4.79 Å². The number of hydrogen-bond donors (Lipinski definition) is 1. The maximum Gasteiger partial charge on any atom is 0.230 e. The molecule has 2 heterocycles. The van der Waals surface area contributed by atoms with E-state index in [1.165, 1.54) is 17.3 Å². The minimum Gasteiger partial charge on any atom is -0.348 e. The molecule has 0 radical (unpaired) electrons. The lowest BCUT2D eigenvalue weighted by Crippen LogP contribution is -2.26. The molecular weight excluding hydrogens is 384 g/mol. The fourth-order valence-corrected chi connectivity index (χ4v) is 3.94. The van der Waals surface area contributed by atoms with Gasteiger partial charge in [0.15, 0.2) is 5.16 Å². The number of hydrogen-bond acceptors (Lipinski definition) is 5. The highest BCUT2D eigenvalue weighted by Gasteiger charge is 2.13. The van der Waals surface area contributed by atoms with E-state index in [0.29, 0.717) is 13.1 Å². The molecule has 0 saturated heterocycles. The molecule has 4 aromatic rings. The van der Waals surface area contributed by atoms with E-state index >= 15 is 0 Å². The Kier molecular flexibility index (Phi) is 5.62. The van der Waals surface area contributed by atoms with Crippen LogP contribution in [-0.2, 0) is 24.9 Å². The number of amides is 1. The molecule has 1 amide bonds. The molecule has 0 aliphatic rings. The number of benzene rings is 2. The van der Waals surface area contributed by atoms with E-state index in [1.807, 2.05) is 65.6 Å². The topological polar surface area (TPSA) is 77.6 Å². The van der Waals surface area contributed by atoms with Crippen molar-refractivity contribution in [3.8, 4) is 0 Å². The number of imidazole rings is 1. The molecule has 29 heavy (non-hydrogen) atoms. The van der Waals surface area contributed by atoms with Crippen molar-refractivity contribution in [3.63, 3.8) is 0 Å². The summed E-state index contributed by atoms with van der Waals surface area (Å²) < 4.78 is 4.03. The second-order valence-corrected chi connectivity index (χ2v) is 7.69. The lowest BCUT2D eigenvalue weighted by molar-refractivity contribution is -0.118. The maximum absolute atomic E-state index is 12.4. The Morgan fingerprint density at radius 3 is 2.62 bits per heavy atom. The summed E-state index contributed by atoms with van der Waals surface area (Å²) in [5.74, 6) is 1.87. The molecule has 0 saturated carbocycles. The van der Waals surface area contributed by atoms with Crippen LogP contribution in [0.15, 0.2) is 59.8 Å². The van der Waals surface area contributed by atoms with Crippen molar-refractivity contribution in [1.29, 1.82) is 0 Å². The van der Waals surface area contributed by atoms with E-state index in [1.54, 1.807) is 0 Å². The lowest BCUT2D eigenvalue weighted by atomic mass is 10.2. The van der Waals surface area contributed by atoms with Gasteiger partial charge in [0, 0.05) is 7.05 Å². The highest BCUT2D eigenvalue weighted by Crippen LogP contribution is 2.18. The molecule has 0 aliphatic heterocycles. The number of nitrogens with one attached hydrogen (secondary N) is 1. The number of nitrogens with zero attached hydrogens (tertiary/aromatic N) is 5. The van der Waals surface area contributed by atoms with Crippen LogP contribution < -0.4 is 5.32 Å². The van der Waals surface area contributed by atoms with Gasteiger partial charge in [0.1, 0.15) is 11.6 Å². The molecule has 0 fully saturated rings. The van der Waals surface area contributed by atoms with Gasteiger partial charge in [-0.15, -0.1) is 10.2 Å². The van der Waals surface area contributed by atoms with Crippen molar-refractivity contribution in [2.24, 2.45) is 7.05 Å². The van der Waals surface area contributed by atoms with Crippen LogP contribution in [0.5, 0.6) is 0 Å². The first-order chi connectivity index (χ1) is 14.1. The fraction of sp³-hybridized carbons (Fsp3) is 0.238. The smallest absolute Gasteiger partial charge is 0.230 e. The Bertz CT molecular complexity index is 1130. The lowest BCUT2D eigenvalue weighted by Gasteiger charge is -2.09. The summed E-state index contributed by atoms with van der Waals surface area (Å²) in [6.07, 6.45) is 0. The summed E-state index contributed by atoms with van der Waals surface area (Å²) in [6, 6.07) is 18.1. The quantitative estimate of drug-likeness (QED) is 0.478. The predicted molar refractivity (Wildman–Crippen MR) is 114 cm³/mol. The number of aryl methyl sites for hydroxylation is 2. The molecule has 0 unspecified atom stereocenters. The molecule has 148 valence electrons. The van der Waals surface area contributed by atoms with E-state index in [0.717, 1.165) is 27.8 Å². The largest absolute Gasteiger partial charge is 0.348 e. The highest BCUT2D eigenvalue weighted by atomic mass is 32.2. The van der Waals surface area contributed by atoms with Crippen LogP contribution in [0, 0.1) is 6.92 Å². The maximum atomic E-state index is 12.4. The Hall–Kier alpha value is -3.13. The predicted octanol–water partition coefficient (Wildman–Crippen LogP) is 2.93. The van der Waals surface area contributed by atoms with E-state index in [-0.39, 0.29) is 11.7 Å². The minimum absolute atomic E-state index is 0.0611. The van der Waals surface area contributed by atoms with Crippen molar-refractivity contribution in [2.45, 2.75) is 25.2 Å². The van der Waals surface area contributed by atoms with Gasteiger partial charge in [-0.25, -0.2) is 4.98 Å². The molecule has 2 aromatic carbocycles. The first kappa shape index (κ1) is 19.2. The number of fused-ring (bicyclic) bond motifs is 1. The van der Waals surface area contributed by atoms with E-state index in [4.69, 9.17) is 0 Å². The third-order valence-electron chi connectivity index (χ3n) is 4.74. The number of carbonyl (C=O) groups is 1. The van der Waals surface area contributed by atoms with Crippen LogP contribution in [-0.4, -0.2) is 36.0 Å². The van der Waals surface area contributed by atoms with Crippen molar-refractivity contribution in [1.82, 2.24) is 29.6 Å². The summed E-state index contributed by atoms with van der Waals surface area (Å²) >= 11 is 1.39. The molecule has 0 spiro atoms. The van der Waals surface area contributed by atoms with E-state index in [9.17, 15) is 4.79 Å². The van der Waals surface area contributed by atoms with Crippen LogP contribution in [0.25, 0.3) is 11.0 Å². The molecule has 1 N–H and O–H groups in total. The Morgan fingerprint density at radius 1 is 1.07 bits per heavy atom. The van der Waals surface area contributed by atoms with Gasteiger partial charge in [-0.2, -0.15) is 0 Å². The summed E-state index contributed by atoms with van der Waals surface area (Å²) in [5, 5.41) is 12.1. The third-order valence-corrected chi connectivity index (χ3v) is 5.71. The number of para-hydroxylation sites is 2. The molecule has 4 rings (SSSR count). The first-order valence-corrected chi connectivity index (χ1v) is 10.3. The van der Waals surface area contributed by atoms with E-state index in [2.05, 4.69) is 32.6 Å². The molecule has 0 aliphatic carbocycles. The molecule has 0 bridgehead atoms. The Labute approximate surface area is 173 Å². The molecule has 0 atom stereocenters. The van der Waals surface area contributed by atoms with Crippen molar-refractivity contribution >= 4 is 28.7 Å². The van der Waals surface area contributed by atoms with Gasteiger partial charge in [0.05, 0.1) is 29.9 Å². The molecule has 7 nitrogen and oxygen atoms in total. The van der Waals surface area contributed by atoms with Crippen LogP contribution in [0.2, 0.25) is 0 Å². The zero-order valence-corrected chi connectivity index (χ0v) is 17.2. The van der Waals surface area contributed by atoms with E-state index < -0.39 is 0 Å². The molecule has 2 aromatic heterocycles. The SMILES string of the molecule is Cc1nnc(SCC(=O)NCc2nc3ccccc3n2C)n1Cc1ccccc1. The summed E-state index contributed by atoms with van der Waals surface area (Å²) in [7, 11) is 1.96. The number of carbonyl (C=O) groups excluding carboxylic acids is 1. The standard InChI is InChI=1S/C21H22N6OS/c1-15-24-25-21(27(15)13-16-8-4-3-5-9-16)29-14-20(28)22-12-19-23-17-10-6-7-11-18(17)26(19)2/h3-11H,12-14H2,1-2H3,(H,22,28). The minimum atomic E-state index is -0.0611. The summed E-state index contributed by atoms with van der Waals surface area (Å²) in [6.45, 7) is 3.00. The number of rotatable bonds is 7. The third kappa shape index (κ3) is 4.32. The van der Waals surface area contributed by atoms with Crippen LogP contribution >= 0.6 is 11.8 Å². The van der Waals surface area contributed by atoms with Gasteiger partial charge in [0.25, 0.3) is 0 Å². The van der Waals surface area contributed by atoms with Crippen LogP contribution in [0.3, 0.4) is 0 Å². The first-order valence-electron chi connectivity index (χ1n) is 9.35. The normalized spacial score (nSPS) is 11.1. The van der Waals surface area contributed by atoms with Gasteiger partial charge < -0.3 is 14.5 Å². The number of aromatic nitrogens is 5. The highest BCUT2D eigenvalue weighted by molar-refractivity contribution is 7.99. The number of thioether (sulfide) groups is 1. The van der Waals surface area contributed by atoms with Gasteiger partial charge in [0.2, 0.25) is 5.91 Å². The monoisotopic (exact) mass is 406 g/mol. The molecular formula is C21H22N6OS. The van der Waals surface area contributed by atoms with Crippen molar-refractivity contribution in [2.75, 3.05) is 5.75 Å². The second kappa shape index (κ2) is 8.48. The fourth-order valence-electron chi connectivity index (χ4n) is 3.13. The zero-order valence-electron chi connectivity index (χ0n) is 16.4. The summed E-state index contributed by atoms with van der Waals surface area (Å²) in [4.78, 5) is 16.9. The van der Waals surface area contributed by atoms with Gasteiger partial charge in [-0.1, -0.05) is 54.2 Å². The Balaban J connectivity index is 1.36. The van der Waals surface area contributed by atoms with Gasteiger partial charge in [-0.3, -0.25) is 4.79 Å². The van der Waals surface area contributed by atoms with Gasteiger partial charge >= 0.3 is 0 Å². The van der Waals surface area contributed by atoms with Crippen LogP contribution in [0.4, 0.5) is 0 Å².